The molecule has 88 valence electrons. The zero-order chi connectivity index (χ0) is 11.0. The van der Waals surface area contributed by atoms with Gasteiger partial charge in [-0.2, -0.15) is 0 Å². The van der Waals surface area contributed by atoms with E-state index in [1.54, 1.807) is 0 Å². The van der Waals surface area contributed by atoms with Crippen molar-refractivity contribution in [3.63, 3.8) is 0 Å². The van der Waals surface area contributed by atoms with Gasteiger partial charge >= 0.3 is 59.6 Å². The molecule has 0 radical (unpaired) electrons. The summed E-state index contributed by atoms with van der Waals surface area (Å²) in [5.74, 6) is 2.86. The summed E-state index contributed by atoms with van der Waals surface area (Å²) in [5.41, 5.74) is 0. The first-order chi connectivity index (χ1) is 6.60. The third-order valence-electron chi connectivity index (χ3n) is 1.95. The Hall–Kier alpha value is 2.01. The molecule has 0 aliphatic heterocycles. The van der Waals surface area contributed by atoms with E-state index in [-0.39, 0.29) is 52.8 Å². The second kappa shape index (κ2) is 11.1. The minimum atomic E-state index is -2.44. The Bertz CT molecular complexity index is 169. The molecule has 0 bridgehead atoms. The van der Waals surface area contributed by atoms with Crippen molar-refractivity contribution in [3.8, 4) is 0 Å². The third-order valence-corrected chi connectivity index (χ3v) is 7.18. The fourth-order valence-electron chi connectivity index (χ4n) is 1.67. The van der Waals surface area contributed by atoms with Crippen molar-refractivity contribution in [1.29, 1.82) is 0 Å². The molecule has 1 N–H and O–H groups in total. The summed E-state index contributed by atoms with van der Waals surface area (Å²) in [5, 5.41) is 0. The van der Waals surface area contributed by atoms with Gasteiger partial charge in [-0.25, -0.2) is 0 Å². The zero-order valence-corrected chi connectivity index (χ0v) is 15.2. The number of rotatable bonds is 8. The van der Waals surface area contributed by atoms with Crippen LogP contribution in [-0.2, 0) is 8.54 Å². The van der Waals surface area contributed by atoms with E-state index in [1.807, 2.05) is 0 Å². The molecule has 1 atom stereocenters. The first-order valence-electron chi connectivity index (χ1n) is 5.22. The first-order valence-corrected chi connectivity index (χ1v) is 8.41. The topological polar surface area (TPSA) is 46.5 Å². The summed E-state index contributed by atoms with van der Waals surface area (Å²) in [6, 6.07) is 0. The van der Waals surface area contributed by atoms with Gasteiger partial charge in [-0.1, -0.05) is 35.1 Å². The van der Waals surface area contributed by atoms with Gasteiger partial charge in [0.25, 0.3) is 0 Å². The smallest absolute Gasteiger partial charge is 1.00 e. The normalized spacial score (nSPS) is 13.2. The van der Waals surface area contributed by atoms with Crippen LogP contribution in [0.15, 0.2) is 0 Å². The molecule has 0 aliphatic rings. The molecule has 3 nitrogen and oxygen atoms in total. The van der Waals surface area contributed by atoms with E-state index >= 15 is 0 Å². The second-order valence-corrected chi connectivity index (χ2v) is 7.62. The van der Waals surface area contributed by atoms with Crippen LogP contribution in [0.25, 0.3) is 0 Å². The minimum absolute atomic E-state index is 0. The Balaban J connectivity index is -0.000000845. The summed E-state index contributed by atoms with van der Waals surface area (Å²) in [6.45, 7) is 6.29. The van der Waals surface area contributed by atoms with Crippen molar-refractivity contribution in [2.45, 2.75) is 40.0 Å². The van der Waals surface area contributed by atoms with Crippen LogP contribution in [-0.4, -0.2) is 22.2 Å². The molecule has 0 aromatic heterocycles. The summed E-state index contributed by atoms with van der Waals surface area (Å²) in [7, 11) is -3.72. The van der Waals surface area contributed by atoms with Crippen molar-refractivity contribution < 1.29 is 66.2 Å². The van der Waals surface area contributed by atoms with E-state index in [4.69, 9.17) is 8.86 Å². The fourth-order valence-corrected chi connectivity index (χ4v) is 6.49. The largest absolute Gasteiger partial charge is 1.00 e. The van der Waals surface area contributed by atoms with Gasteiger partial charge in [0.1, 0.15) is 0 Å². The van der Waals surface area contributed by atoms with Crippen LogP contribution >= 0.6 is 18.6 Å². The molecule has 0 amide bonds. The van der Waals surface area contributed by atoms with E-state index in [9.17, 15) is 4.57 Å². The molecular formula is C9H23KO3PS+. The summed E-state index contributed by atoms with van der Waals surface area (Å²) in [4.78, 5) is 8.88. The molecule has 0 aromatic carbocycles. The van der Waals surface area contributed by atoms with Crippen LogP contribution in [0, 0.1) is 0 Å². The average molecular weight is 281 g/mol. The van der Waals surface area contributed by atoms with Crippen LogP contribution in [0.5, 0.6) is 0 Å². The number of hydrogen-bond donors (Lipinski definition) is 1. The maximum Gasteiger partial charge on any atom is 1.00 e. The van der Waals surface area contributed by atoms with Gasteiger partial charge in [0.15, 0.2) is 0 Å². The van der Waals surface area contributed by atoms with Crippen molar-refractivity contribution in [2.75, 3.05) is 17.3 Å². The quantitative estimate of drug-likeness (QED) is 0.527. The Morgan fingerprint density at radius 2 is 1.47 bits per heavy atom. The molecular weight excluding hydrogens is 258 g/mol. The Morgan fingerprint density at radius 1 is 1.13 bits per heavy atom. The van der Waals surface area contributed by atoms with Gasteiger partial charge in [-0.15, -0.1) is 4.89 Å². The Labute approximate surface area is 140 Å². The van der Waals surface area contributed by atoms with Crippen LogP contribution in [0.1, 0.15) is 41.5 Å². The maximum absolute atomic E-state index is 10.8. The summed E-state index contributed by atoms with van der Waals surface area (Å²) >= 11 is 0. The van der Waals surface area contributed by atoms with Crippen molar-refractivity contribution in [1.82, 2.24) is 0 Å². The molecule has 0 saturated heterocycles. The monoisotopic (exact) mass is 281 g/mol. The van der Waals surface area contributed by atoms with Gasteiger partial charge in [-0.3, -0.25) is 0 Å². The zero-order valence-electron chi connectivity index (χ0n) is 11.4. The standard InChI is InChI=1S/C9H21O3PS.K.H/c1-4-7-14(8-5-2,9-6-3)12-13(10)11;;/h4-9H2,1-3H3;;/q;+1;-1/p+1. The molecule has 15 heavy (non-hydrogen) atoms. The number of hydrogen-bond acceptors (Lipinski definition) is 2. The van der Waals surface area contributed by atoms with Crippen LogP contribution in [0.3, 0.4) is 0 Å². The molecule has 1 unspecified atom stereocenters. The minimum Gasteiger partial charge on any atom is -1.00 e. The second-order valence-electron chi connectivity index (χ2n) is 3.39. The predicted octanol–water partition coefficient (Wildman–Crippen LogP) is 0.719. The van der Waals surface area contributed by atoms with Gasteiger partial charge < -0.3 is 1.43 Å². The van der Waals surface area contributed by atoms with Gasteiger partial charge in [0.05, 0.1) is 0 Å². The maximum atomic E-state index is 10.8. The summed E-state index contributed by atoms with van der Waals surface area (Å²) in [6.07, 6.45) is 3.08. The first kappa shape index (κ1) is 19.3. The van der Waals surface area contributed by atoms with Gasteiger partial charge in [0, 0.05) is 21.8 Å². The molecule has 0 rings (SSSR count). The molecule has 0 aromatic rings. The molecule has 0 saturated carbocycles. The molecule has 0 fully saturated rings. The Kier molecular flexibility index (Phi) is 14.3. The van der Waals surface area contributed by atoms with Crippen LogP contribution < -0.4 is 51.4 Å². The average Bonchev–Trinajstić information content (AvgIpc) is 2.03. The van der Waals surface area contributed by atoms with E-state index in [2.05, 4.69) is 20.8 Å². The summed E-state index contributed by atoms with van der Waals surface area (Å²) < 4.78 is 16.1. The molecule has 0 aliphatic carbocycles. The van der Waals surface area contributed by atoms with Crippen molar-refractivity contribution in [2.24, 2.45) is 0 Å². The van der Waals surface area contributed by atoms with E-state index in [1.165, 1.54) is 0 Å². The van der Waals surface area contributed by atoms with Gasteiger partial charge in [0.2, 0.25) is 0 Å². The van der Waals surface area contributed by atoms with Crippen molar-refractivity contribution >= 4 is 18.6 Å². The Morgan fingerprint density at radius 3 is 1.67 bits per heavy atom. The fraction of sp³-hybridized carbons (Fsp3) is 1.00. The van der Waals surface area contributed by atoms with Crippen LogP contribution in [0.4, 0.5) is 0 Å². The molecule has 0 heterocycles. The van der Waals surface area contributed by atoms with E-state index in [0.717, 1.165) is 36.5 Å². The van der Waals surface area contributed by atoms with Gasteiger partial charge in [-0.05, 0) is 19.3 Å². The third kappa shape index (κ3) is 8.69. The predicted molar refractivity (Wildman–Crippen MR) is 65.1 cm³/mol. The van der Waals surface area contributed by atoms with E-state index in [0.29, 0.717) is 0 Å². The molecule has 6 heteroatoms. The van der Waals surface area contributed by atoms with Crippen molar-refractivity contribution in [3.05, 3.63) is 0 Å². The molecule has 0 spiro atoms. The van der Waals surface area contributed by atoms with Crippen LogP contribution in [0.2, 0.25) is 0 Å². The van der Waals surface area contributed by atoms with E-state index < -0.39 is 18.6 Å². The SMILES string of the molecule is CCCS(CCC)(CCC)O[P+](=O)O.[H-].[K+].